The molecule has 116 valence electrons. The van der Waals surface area contributed by atoms with E-state index >= 15 is 0 Å². The van der Waals surface area contributed by atoms with Crippen molar-refractivity contribution in [1.29, 1.82) is 0 Å². The smallest absolute Gasteiger partial charge is 0.222 e. The van der Waals surface area contributed by atoms with Crippen molar-refractivity contribution in [3.63, 3.8) is 0 Å². The van der Waals surface area contributed by atoms with Gasteiger partial charge >= 0.3 is 0 Å². The Morgan fingerprint density at radius 2 is 2.10 bits per heavy atom. The van der Waals surface area contributed by atoms with Crippen LogP contribution in [0.3, 0.4) is 0 Å². The minimum atomic E-state index is -0.161. The zero-order valence-electron chi connectivity index (χ0n) is 12.4. The fourth-order valence-electron chi connectivity index (χ4n) is 3.49. The van der Waals surface area contributed by atoms with Crippen molar-refractivity contribution < 1.29 is 9.90 Å². The molecule has 2 aliphatic rings. The molecule has 5 heteroatoms. The Kier molecular flexibility index (Phi) is 4.93. The average molecular weight is 308 g/mol. The molecule has 1 aromatic rings. The molecule has 0 spiro atoms. The van der Waals surface area contributed by atoms with E-state index in [-0.39, 0.29) is 12.0 Å². The van der Waals surface area contributed by atoms with Crippen molar-refractivity contribution in [2.75, 3.05) is 26.2 Å². The molecule has 0 aromatic carbocycles. The summed E-state index contributed by atoms with van der Waals surface area (Å²) in [5.41, 5.74) is 1.26. The van der Waals surface area contributed by atoms with Gasteiger partial charge in [0, 0.05) is 38.6 Å². The van der Waals surface area contributed by atoms with Gasteiger partial charge in [-0.2, -0.15) is 11.3 Å². The van der Waals surface area contributed by atoms with Crippen LogP contribution in [-0.2, 0) is 11.2 Å². The molecular formula is C16H24N2O2S. The maximum absolute atomic E-state index is 12.2. The van der Waals surface area contributed by atoms with E-state index in [2.05, 4.69) is 21.7 Å². The Morgan fingerprint density at radius 1 is 1.29 bits per heavy atom. The van der Waals surface area contributed by atoms with Crippen molar-refractivity contribution in [3.8, 4) is 0 Å². The normalized spacial score (nSPS) is 27.2. The van der Waals surface area contributed by atoms with Gasteiger partial charge in [-0.1, -0.05) is 0 Å². The molecule has 1 amide bonds. The molecule has 1 aliphatic heterocycles. The summed E-state index contributed by atoms with van der Waals surface area (Å²) in [4.78, 5) is 16.6. The summed E-state index contributed by atoms with van der Waals surface area (Å²) in [6.45, 7) is 3.44. The third kappa shape index (κ3) is 3.65. The van der Waals surface area contributed by atoms with Gasteiger partial charge in [-0.3, -0.25) is 9.69 Å². The standard InChI is InChI=1S/C16H24N2O2S/c19-15-3-1-2-14(15)17-7-9-18(10-8-17)16(20)5-4-13-6-11-21-12-13/h6,11-12,14-15,19H,1-5,7-10H2/t14-,15-/m1/s1. The molecule has 3 rings (SSSR count). The summed E-state index contributed by atoms with van der Waals surface area (Å²) in [5, 5.41) is 14.2. The molecule has 0 bridgehead atoms. The number of aliphatic hydroxyl groups is 1. The number of amides is 1. The van der Waals surface area contributed by atoms with E-state index in [1.54, 1.807) is 11.3 Å². The molecule has 1 saturated heterocycles. The lowest BCUT2D eigenvalue weighted by Crippen LogP contribution is -2.53. The number of hydrogen-bond acceptors (Lipinski definition) is 4. The largest absolute Gasteiger partial charge is 0.391 e. The lowest BCUT2D eigenvalue weighted by Gasteiger charge is -2.39. The molecule has 1 N–H and O–H groups in total. The van der Waals surface area contributed by atoms with Crippen molar-refractivity contribution in [1.82, 2.24) is 9.80 Å². The number of nitrogens with zero attached hydrogens (tertiary/aromatic N) is 2. The number of hydrogen-bond donors (Lipinski definition) is 1. The lowest BCUT2D eigenvalue weighted by atomic mass is 10.1. The number of thiophene rings is 1. The van der Waals surface area contributed by atoms with Crippen LogP contribution < -0.4 is 0 Å². The molecule has 0 radical (unpaired) electrons. The van der Waals surface area contributed by atoms with Crippen molar-refractivity contribution >= 4 is 17.2 Å². The summed E-state index contributed by atoms with van der Waals surface area (Å²) < 4.78 is 0. The molecule has 2 atom stereocenters. The van der Waals surface area contributed by atoms with Gasteiger partial charge in [0.25, 0.3) is 0 Å². The zero-order valence-corrected chi connectivity index (χ0v) is 13.2. The van der Waals surface area contributed by atoms with Gasteiger partial charge in [-0.15, -0.1) is 0 Å². The zero-order chi connectivity index (χ0) is 14.7. The predicted octanol–water partition coefficient (Wildman–Crippen LogP) is 1.74. The first kappa shape index (κ1) is 15.0. The van der Waals surface area contributed by atoms with Gasteiger partial charge in [-0.25, -0.2) is 0 Å². The third-order valence-corrected chi connectivity index (χ3v) is 5.52. The van der Waals surface area contributed by atoms with Crippen LogP contribution >= 0.6 is 11.3 Å². The molecule has 4 nitrogen and oxygen atoms in total. The van der Waals surface area contributed by atoms with Crippen molar-refractivity contribution in [2.45, 2.75) is 44.2 Å². The summed E-state index contributed by atoms with van der Waals surface area (Å²) in [5.74, 6) is 0.271. The quantitative estimate of drug-likeness (QED) is 0.921. The third-order valence-electron chi connectivity index (χ3n) is 4.79. The summed E-state index contributed by atoms with van der Waals surface area (Å²) in [6.07, 6.45) is 4.47. The number of piperazine rings is 1. The van der Waals surface area contributed by atoms with Gasteiger partial charge in [0.1, 0.15) is 0 Å². The molecule has 2 heterocycles. The van der Waals surface area contributed by atoms with E-state index in [1.165, 1.54) is 5.56 Å². The second kappa shape index (κ2) is 6.90. The van der Waals surface area contributed by atoms with Crippen LogP contribution in [0.2, 0.25) is 0 Å². The summed E-state index contributed by atoms with van der Waals surface area (Å²) in [7, 11) is 0. The van der Waals surface area contributed by atoms with Crippen LogP contribution in [-0.4, -0.2) is 59.1 Å². The van der Waals surface area contributed by atoms with Crippen molar-refractivity contribution in [3.05, 3.63) is 22.4 Å². The fraction of sp³-hybridized carbons (Fsp3) is 0.688. The van der Waals surface area contributed by atoms with E-state index < -0.39 is 0 Å². The number of rotatable bonds is 4. The number of aryl methyl sites for hydroxylation is 1. The Balaban J connectivity index is 1.43. The maximum Gasteiger partial charge on any atom is 0.222 e. The van der Waals surface area contributed by atoms with E-state index in [1.807, 2.05) is 4.90 Å². The van der Waals surface area contributed by atoms with Gasteiger partial charge in [0.2, 0.25) is 5.91 Å². The summed E-state index contributed by atoms with van der Waals surface area (Å²) >= 11 is 1.69. The van der Waals surface area contributed by atoms with Gasteiger partial charge in [0.15, 0.2) is 0 Å². The van der Waals surface area contributed by atoms with Crippen LogP contribution in [0.25, 0.3) is 0 Å². The second-order valence-corrected chi connectivity index (χ2v) is 6.89. The Hall–Kier alpha value is -0.910. The number of carbonyl (C=O) groups excluding carboxylic acids is 1. The topological polar surface area (TPSA) is 43.8 Å². The van der Waals surface area contributed by atoms with Crippen molar-refractivity contribution in [2.24, 2.45) is 0 Å². The number of aliphatic hydroxyl groups excluding tert-OH is 1. The first-order valence-electron chi connectivity index (χ1n) is 7.95. The Morgan fingerprint density at radius 3 is 2.71 bits per heavy atom. The van der Waals surface area contributed by atoms with Gasteiger partial charge in [-0.05, 0) is 48.1 Å². The highest BCUT2D eigenvalue weighted by atomic mass is 32.1. The molecular weight excluding hydrogens is 284 g/mol. The maximum atomic E-state index is 12.2. The van der Waals surface area contributed by atoms with E-state index in [4.69, 9.17) is 0 Å². The molecule has 1 aromatic heterocycles. The molecule has 1 aliphatic carbocycles. The van der Waals surface area contributed by atoms with Crippen LogP contribution in [0.15, 0.2) is 16.8 Å². The fourth-order valence-corrected chi connectivity index (χ4v) is 4.20. The average Bonchev–Trinajstić information content (AvgIpc) is 3.16. The van der Waals surface area contributed by atoms with Gasteiger partial charge in [0.05, 0.1) is 6.10 Å². The van der Waals surface area contributed by atoms with Gasteiger partial charge < -0.3 is 10.0 Å². The van der Waals surface area contributed by atoms with E-state index in [0.29, 0.717) is 12.5 Å². The first-order chi connectivity index (χ1) is 10.2. The van der Waals surface area contributed by atoms with E-state index in [0.717, 1.165) is 51.9 Å². The van der Waals surface area contributed by atoms with Crippen LogP contribution in [0.1, 0.15) is 31.2 Å². The Labute approximate surface area is 130 Å². The highest BCUT2D eigenvalue weighted by molar-refractivity contribution is 7.07. The number of carbonyl (C=O) groups is 1. The second-order valence-electron chi connectivity index (χ2n) is 6.11. The van der Waals surface area contributed by atoms with Crippen LogP contribution in [0.5, 0.6) is 0 Å². The minimum absolute atomic E-state index is 0.161. The predicted molar refractivity (Wildman–Crippen MR) is 84.4 cm³/mol. The SMILES string of the molecule is O=C(CCc1ccsc1)N1CCN([C@@H]2CCC[C@H]2O)CC1. The highest BCUT2D eigenvalue weighted by Crippen LogP contribution is 2.25. The molecule has 1 saturated carbocycles. The first-order valence-corrected chi connectivity index (χ1v) is 8.89. The molecule has 21 heavy (non-hydrogen) atoms. The Bertz CT molecular complexity index is 455. The minimum Gasteiger partial charge on any atom is -0.391 e. The highest BCUT2D eigenvalue weighted by Gasteiger charge is 2.33. The lowest BCUT2D eigenvalue weighted by molar-refractivity contribution is -0.133. The van der Waals surface area contributed by atoms with E-state index in [9.17, 15) is 9.90 Å². The monoisotopic (exact) mass is 308 g/mol. The summed E-state index contributed by atoms with van der Waals surface area (Å²) in [6, 6.07) is 2.42. The molecule has 0 unspecified atom stereocenters. The van der Waals surface area contributed by atoms with Crippen LogP contribution in [0, 0.1) is 0 Å². The molecule has 2 fully saturated rings. The van der Waals surface area contributed by atoms with Crippen LogP contribution in [0.4, 0.5) is 0 Å².